The van der Waals surface area contributed by atoms with E-state index < -0.39 is 0 Å². The van der Waals surface area contributed by atoms with Gasteiger partial charge in [0.2, 0.25) is 5.91 Å². The van der Waals surface area contributed by atoms with Gasteiger partial charge in [-0.15, -0.1) is 0 Å². The standard InChI is InChI=1S/C21H17N3O2/c25-19-7-3-5-17-14(13-24-21(17)19)8-9-20(26)22-11-10-15-12-23-18-6-2-1-4-16(15)18/h1-13,23-25H,(H,22,26)/b9-8+,11-10+. The zero-order valence-corrected chi connectivity index (χ0v) is 13.9. The van der Waals surface area contributed by atoms with Crippen LogP contribution in [0, 0.1) is 0 Å². The van der Waals surface area contributed by atoms with Crippen molar-refractivity contribution in [2.24, 2.45) is 0 Å². The van der Waals surface area contributed by atoms with Crippen molar-refractivity contribution >= 4 is 39.9 Å². The lowest BCUT2D eigenvalue weighted by Gasteiger charge is -1.95. The van der Waals surface area contributed by atoms with E-state index in [1.807, 2.05) is 42.6 Å². The molecule has 2 aromatic heterocycles. The second kappa shape index (κ2) is 6.64. The third-order valence-electron chi connectivity index (χ3n) is 4.25. The summed E-state index contributed by atoms with van der Waals surface area (Å²) < 4.78 is 0. The summed E-state index contributed by atoms with van der Waals surface area (Å²) in [6, 6.07) is 13.3. The fourth-order valence-corrected chi connectivity index (χ4v) is 2.96. The minimum Gasteiger partial charge on any atom is -0.506 e. The van der Waals surface area contributed by atoms with Crippen molar-refractivity contribution in [3.63, 3.8) is 0 Å². The first kappa shape index (κ1) is 15.8. The van der Waals surface area contributed by atoms with E-state index in [1.54, 1.807) is 30.6 Å². The summed E-state index contributed by atoms with van der Waals surface area (Å²) in [7, 11) is 0. The van der Waals surface area contributed by atoms with Crippen LogP contribution in [-0.2, 0) is 4.79 Å². The Hall–Kier alpha value is -3.73. The summed E-state index contributed by atoms with van der Waals surface area (Å²) >= 11 is 0. The number of aromatic amines is 2. The number of carbonyl (C=O) groups excluding carboxylic acids is 1. The molecule has 4 rings (SSSR count). The monoisotopic (exact) mass is 343 g/mol. The van der Waals surface area contributed by atoms with E-state index in [0.29, 0.717) is 5.52 Å². The largest absolute Gasteiger partial charge is 0.506 e. The Morgan fingerprint density at radius 2 is 1.69 bits per heavy atom. The Labute approximate surface area is 149 Å². The highest BCUT2D eigenvalue weighted by Crippen LogP contribution is 2.26. The molecule has 0 aliphatic heterocycles. The summed E-state index contributed by atoms with van der Waals surface area (Å²) in [5, 5.41) is 14.5. The van der Waals surface area contributed by atoms with E-state index in [-0.39, 0.29) is 11.7 Å². The second-order valence-electron chi connectivity index (χ2n) is 5.91. The molecule has 0 aliphatic rings. The maximum absolute atomic E-state index is 12.0. The molecule has 1 amide bonds. The van der Waals surface area contributed by atoms with Crippen molar-refractivity contribution in [2.75, 3.05) is 0 Å². The fraction of sp³-hybridized carbons (Fsp3) is 0. The number of hydrogen-bond donors (Lipinski definition) is 4. The van der Waals surface area contributed by atoms with Crippen LogP contribution in [-0.4, -0.2) is 21.0 Å². The summed E-state index contributed by atoms with van der Waals surface area (Å²) in [5.74, 6) is -0.0381. The number of amides is 1. The normalized spacial score (nSPS) is 11.8. The van der Waals surface area contributed by atoms with Gasteiger partial charge in [-0.05, 0) is 24.3 Å². The Bertz CT molecular complexity index is 1150. The Morgan fingerprint density at radius 3 is 2.62 bits per heavy atom. The van der Waals surface area contributed by atoms with Crippen LogP contribution in [0.3, 0.4) is 0 Å². The molecule has 2 heterocycles. The molecule has 0 saturated carbocycles. The quantitative estimate of drug-likeness (QED) is 0.420. The molecule has 128 valence electrons. The van der Waals surface area contributed by atoms with Gasteiger partial charge in [0.15, 0.2) is 0 Å². The molecule has 4 N–H and O–H groups in total. The molecule has 0 bridgehead atoms. The smallest absolute Gasteiger partial charge is 0.247 e. The number of para-hydroxylation sites is 2. The highest BCUT2D eigenvalue weighted by molar-refractivity contribution is 5.98. The lowest BCUT2D eigenvalue weighted by molar-refractivity contribution is -0.115. The van der Waals surface area contributed by atoms with Gasteiger partial charge in [-0.25, -0.2) is 0 Å². The molecular weight excluding hydrogens is 326 g/mol. The predicted octanol–water partition coefficient (Wildman–Crippen LogP) is 4.16. The summed E-state index contributed by atoms with van der Waals surface area (Å²) in [6.07, 6.45) is 10.3. The Kier molecular flexibility index (Phi) is 4.03. The number of rotatable bonds is 4. The summed E-state index contributed by atoms with van der Waals surface area (Å²) in [4.78, 5) is 18.2. The van der Waals surface area contributed by atoms with Gasteiger partial charge in [-0.1, -0.05) is 30.3 Å². The molecular formula is C21H17N3O2. The maximum Gasteiger partial charge on any atom is 0.247 e. The van der Waals surface area contributed by atoms with E-state index in [1.165, 1.54) is 6.08 Å². The molecule has 0 atom stereocenters. The third kappa shape index (κ3) is 2.98. The lowest BCUT2D eigenvalue weighted by atomic mass is 10.1. The number of aromatic nitrogens is 2. The van der Waals surface area contributed by atoms with Crippen LogP contribution in [0.5, 0.6) is 5.75 Å². The van der Waals surface area contributed by atoms with E-state index in [4.69, 9.17) is 0 Å². The third-order valence-corrected chi connectivity index (χ3v) is 4.25. The van der Waals surface area contributed by atoms with Crippen LogP contribution in [0.4, 0.5) is 0 Å². The molecule has 0 aliphatic carbocycles. The van der Waals surface area contributed by atoms with Crippen molar-refractivity contribution in [1.29, 1.82) is 0 Å². The predicted molar refractivity (Wildman–Crippen MR) is 104 cm³/mol. The van der Waals surface area contributed by atoms with Gasteiger partial charge in [-0.3, -0.25) is 4.79 Å². The van der Waals surface area contributed by atoms with Crippen LogP contribution in [0.25, 0.3) is 34.0 Å². The first-order chi connectivity index (χ1) is 12.7. The van der Waals surface area contributed by atoms with Gasteiger partial charge < -0.3 is 20.4 Å². The minimum absolute atomic E-state index is 0.188. The first-order valence-electron chi connectivity index (χ1n) is 8.23. The number of H-pyrrole nitrogens is 2. The Balaban J connectivity index is 1.45. The summed E-state index contributed by atoms with van der Waals surface area (Å²) in [6.45, 7) is 0. The van der Waals surface area contributed by atoms with E-state index in [0.717, 1.165) is 27.4 Å². The molecule has 0 saturated heterocycles. The van der Waals surface area contributed by atoms with Crippen LogP contribution in [0.2, 0.25) is 0 Å². The van der Waals surface area contributed by atoms with Crippen LogP contribution in [0.15, 0.2) is 67.1 Å². The average molecular weight is 343 g/mol. The highest BCUT2D eigenvalue weighted by atomic mass is 16.3. The molecule has 0 radical (unpaired) electrons. The molecule has 5 heteroatoms. The number of phenolic OH excluding ortho intramolecular Hbond substituents is 1. The van der Waals surface area contributed by atoms with E-state index in [9.17, 15) is 9.90 Å². The first-order valence-corrected chi connectivity index (χ1v) is 8.23. The van der Waals surface area contributed by atoms with Gasteiger partial charge in [0.25, 0.3) is 0 Å². The molecule has 2 aromatic carbocycles. The molecule has 0 fully saturated rings. The second-order valence-corrected chi connectivity index (χ2v) is 5.91. The van der Waals surface area contributed by atoms with Crippen molar-refractivity contribution in [1.82, 2.24) is 15.3 Å². The van der Waals surface area contributed by atoms with Crippen LogP contribution < -0.4 is 5.32 Å². The van der Waals surface area contributed by atoms with Gasteiger partial charge in [0, 0.05) is 52.1 Å². The van der Waals surface area contributed by atoms with Crippen molar-refractivity contribution in [3.05, 3.63) is 78.3 Å². The molecule has 5 nitrogen and oxygen atoms in total. The van der Waals surface area contributed by atoms with Gasteiger partial charge in [-0.2, -0.15) is 0 Å². The van der Waals surface area contributed by atoms with Crippen molar-refractivity contribution in [2.45, 2.75) is 0 Å². The maximum atomic E-state index is 12.0. The SMILES string of the molecule is O=C(/C=C/c1c[nH]c2c(O)cccc12)N/C=C/c1c[nH]c2ccccc12. The fourth-order valence-electron chi connectivity index (χ4n) is 2.96. The van der Waals surface area contributed by atoms with Crippen molar-refractivity contribution in [3.8, 4) is 5.75 Å². The van der Waals surface area contributed by atoms with Crippen molar-refractivity contribution < 1.29 is 9.90 Å². The zero-order chi connectivity index (χ0) is 17.9. The van der Waals surface area contributed by atoms with Gasteiger partial charge >= 0.3 is 0 Å². The number of hydrogen-bond acceptors (Lipinski definition) is 2. The number of fused-ring (bicyclic) bond motifs is 2. The average Bonchev–Trinajstić information content (AvgIpc) is 3.25. The molecule has 0 unspecified atom stereocenters. The summed E-state index contributed by atoms with van der Waals surface area (Å²) in [5.41, 5.74) is 3.57. The molecule has 26 heavy (non-hydrogen) atoms. The van der Waals surface area contributed by atoms with Gasteiger partial charge in [0.05, 0.1) is 5.52 Å². The number of aromatic hydroxyl groups is 1. The lowest BCUT2D eigenvalue weighted by Crippen LogP contribution is -2.12. The molecule has 0 spiro atoms. The highest BCUT2D eigenvalue weighted by Gasteiger charge is 2.04. The number of benzene rings is 2. The minimum atomic E-state index is -0.226. The molecule has 4 aromatic rings. The number of carbonyl (C=O) groups is 1. The van der Waals surface area contributed by atoms with E-state index in [2.05, 4.69) is 15.3 Å². The zero-order valence-electron chi connectivity index (χ0n) is 13.9. The topological polar surface area (TPSA) is 80.9 Å². The van der Waals surface area contributed by atoms with Gasteiger partial charge in [0.1, 0.15) is 5.75 Å². The van der Waals surface area contributed by atoms with E-state index >= 15 is 0 Å². The number of nitrogens with one attached hydrogen (secondary N) is 3. The number of phenols is 1. The van der Waals surface area contributed by atoms with Crippen LogP contribution >= 0.6 is 0 Å². The Morgan fingerprint density at radius 1 is 0.923 bits per heavy atom. The van der Waals surface area contributed by atoms with Crippen LogP contribution in [0.1, 0.15) is 11.1 Å².